The summed E-state index contributed by atoms with van der Waals surface area (Å²) in [5.74, 6) is -0.178. The molecule has 34 heavy (non-hydrogen) atoms. The summed E-state index contributed by atoms with van der Waals surface area (Å²) in [6, 6.07) is 7.94. The van der Waals surface area contributed by atoms with E-state index in [1.807, 2.05) is 26.8 Å². The van der Waals surface area contributed by atoms with Crippen LogP contribution in [0.25, 0.3) is 0 Å². The highest BCUT2D eigenvalue weighted by Gasteiger charge is 2.58. The number of carbonyl (C=O) groups is 2. The Morgan fingerprint density at radius 3 is 2.21 bits per heavy atom. The van der Waals surface area contributed by atoms with Crippen LogP contribution in [0.15, 0.2) is 66.8 Å². The number of halogens is 1. The van der Waals surface area contributed by atoms with E-state index in [2.05, 4.69) is 13.2 Å². The van der Waals surface area contributed by atoms with Gasteiger partial charge in [-0.1, -0.05) is 43.5 Å². The zero-order valence-corrected chi connectivity index (χ0v) is 20.4. The average molecular weight is 471 g/mol. The Morgan fingerprint density at radius 1 is 1.06 bits per heavy atom. The Balaban J connectivity index is 0.000000396. The summed E-state index contributed by atoms with van der Waals surface area (Å²) >= 11 is 0. The van der Waals surface area contributed by atoms with Gasteiger partial charge < -0.3 is 19.3 Å². The lowest BCUT2D eigenvalue weighted by molar-refractivity contribution is 0.0235. The maximum Gasteiger partial charge on any atom is 0.410 e. The Hall–Kier alpha value is -3.09. The summed E-state index contributed by atoms with van der Waals surface area (Å²) in [4.78, 5) is 28.5. The zero-order valence-electron chi connectivity index (χ0n) is 20.4. The molecule has 1 unspecified atom stereocenters. The highest BCUT2D eigenvalue weighted by atomic mass is 19.1. The predicted octanol–water partition coefficient (Wildman–Crippen LogP) is 5.72. The van der Waals surface area contributed by atoms with E-state index in [0.717, 1.165) is 30.4 Å². The van der Waals surface area contributed by atoms with Crippen LogP contribution in [0.2, 0.25) is 0 Å². The molecule has 2 amide bonds. The lowest BCUT2D eigenvalue weighted by Gasteiger charge is -2.30. The third-order valence-electron chi connectivity index (χ3n) is 6.27. The van der Waals surface area contributed by atoms with E-state index in [1.54, 1.807) is 34.1 Å². The molecule has 1 spiro atoms. The molecule has 1 saturated carbocycles. The molecule has 4 rings (SSSR count). The minimum atomic E-state index is -0.535. The molecular weight excluding hydrogens is 435 g/mol. The number of likely N-dealkylation sites (tertiary alicyclic amines) is 1. The van der Waals surface area contributed by atoms with Crippen molar-refractivity contribution in [2.45, 2.75) is 51.7 Å². The molecule has 0 radical (unpaired) electrons. The fourth-order valence-corrected chi connectivity index (χ4v) is 4.21. The van der Waals surface area contributed by atoms with Gasteiger partial charge in [0.2, 0.25) is 0 Å². The van der Waals surface area contributed by atoms with Crippen LogP contribution in [-0.4, -0.2) is 59.9 Å². The lowest BCUT2D eigenvalue weighted by atomic mass is 10.0. The number of rotatable bonds is 3. The topological polar surface area (TPSA) is 59.1 Å². The van der Waals surface area contributed by atoms with Crippen LogP contribution in [0.4, 0.5) is 14.0 Å². The molecule has 1 atom stereocenters. The van der Waals surface area contributed by atoms with Gasteiger partial charge in [0.05, 0.1) is 6.54 Å². The average Bonchev–Trinajstić information content (AvgIpc) is 3.48. The van der Waals surface area contributed by atoms with E-state index in [4.69, 9.17) is 9.47 Å². The van der Waals surface area contributed by atoms with Crippen LogP contribution in [0.3, 0.4) is 0 Å². The lowest BCUT2D eigenvalue weighted by Crippen LogP contribution is -2.41. The minimum Gasteiger partial charge on any atom is -0.444 e. The van der Waals surface area contributed by atoms with Crippen molar-refractivity contribution in [3.63, 3.8) is 0 Å². The van der Waals surface area contributed by atoms with Crippen molar-refractivity contribution < 1.29 is 23.5 Å². The second-order valence-electron chi connectivity index (χ2n) is 10.0. The van der Waals surface area contributed by atoms with Crippen LogP contribution in [0.5, 0.6) is 0 Å². The van der Waals surface area contributed by atoms with E-state index in [0.29, 0.717) is 26.2 Å². The number of benzene rings is 1. The Labute approximate surface area is 201 Å². The van der Waals surface area contributed by atoms with Gasteiger partial charge in [-0.05, 0) is 63.3 Å². The highest BCUT2D eigenvalue weighted by molar-refractivity contribution is 5.71. The smallest absolute Gasteiger partial charge is 0.410 e. The van der Waals surface area contributed by atoms with Gasteiger partial charge in [0.25, 0.3) is 0 Å². The molecule has 1 aliphatic carbocycles. The monoisotopic (exact) mass is 470 g/mol. The van der Waals surface area contributed by atoms with Crippen molar-refractivity contribution in [1.29, 1.82) is 0 Å². The number of carbonyl (C=O) groups excluding carboxylic acids is 2. The summed E-state index contributed by atoms with van der Waals surface area (Å²) in [5.41, 5.74) is 1.51. The number of hydrogen-bond donors (Lipinski definition) is 0. The molecule has 2 fully saturated rings. The van der Waals surface area contributed by atoms with Gasteiger partial charge in [0, 0.05) is 25.0 Å². The molecule has 0 aromatic heterocycles. The summed E-state index contributed by atoms with van der Waals surface area (Å²) in [7, 11) is 0. The molecule has 1 aromatic carbocycles. The van der Waals surface area contributed by atoms with Crippen LogP contribution in [0.1, 0.15) is 40.0 Å². The second kappa shape index (κ2) is 10.5. The molecule has 0 bridgehead atoms. The van der Waals surface area contributed by atoms with Gasteiger partial charge in [-0.3, -0.25) is 0 Å². The fourth-order valence-electron chi connectivity index (χ4n) is 4.21. The van der Waals surface area contributed by atoms with Gasteiger partial charge in [0.15, 0.2) is 0 Å². The normalized spacial score (nSPS) is 20.9. The predicted molar refractivity (Wildman–Crippen MR) is 130 cm³/mol. The number of allylic oxidation sites excluding steroid dienone is 1. The second-order valence-corrected chi connectivity index (χ2v) is 10.0. The van der Waals surface area contributed by atoms with E-state index in [9.17, 15) is 14.0 Å². The molecule has 2 heterocycles. The van der Waals surface area contributed by atoms with Crippen molar-refractivity contribution >= 4 is 12.2 Å². The molecule has 1 aromatic rings. The Bertz CT molecular complexity index is 947. The SMILES string of the molecule is C=CC1=C(C=C)CN(C(=O)OC2CN(C(=O)OC(C)(C)C)CC23CC3)CC1.Fc1ccccc1. The first kappa shape index (κ1) is 25.5. The first-order chi connectivity index (χ1) is 16.1. The number of amides is 2. The van der Waals surface area contributed by atoms with Crippen LogP contribution < -0.4 is 0 Å². The third kappa shape index (κ3) is 6.49. The highest BCUT2D eigenvalue weighted by Crippen LogP contribution is 2.54. The van der Waals surface area contributed by atoms with Crippen LogP contribution in [-0.2, 0) is 9.47 Å². The maximum atomic E-state index is 12.7. The Morgan fingerprint density at radius 2 is 1.71 bits per heavy atom. The number of ether oxygens (including phenoxy) is 2. The van der Waals surface area contributed by atoms with Gasteiger partial charge in [-0.25, -0.2) is 14.0 Å². The largest absolute Gasteiger partial charge is 0.444 e. The van der Waals surface area contributed by atoms with Crippen molar-refractivity contribution in [3.8, 4) is 0 Å². The summed E-state index contributed by atoms with van der Waals surface area (Å²) in [6.07, 6.45) is 5.38. The van der Waals surface area contributed by atoms with E-state index in [1.165, 1.54) is 12.1 Å². The molecule has 2 aliphatic heterocycles. The van der Waals surface area contributed by atoms with E-state index in [-0.39, 0.29) is 29.5 Å². The quantitative estimate of drug-likeness (QED) is 0.567. The van der Waals surface area contributed by atoms with Gasteiger partial charge >= 0.3 is 12.2 Å². The van der Waals surface area contributed by atoms with Crippen molar-refractivity contribution in [3.05, 3.63) is 72.6 Å². The van der Waals surface area contributed by atoms with E-state index >= 15 is 0 Å². The molecular formula is C27H35FN2O4. The standard InChI is InChI=1S/C21H30N2O4.C6H5F/c1-6-15-8-11-22(12-16(15)7-2)18(24)26-17-13-23(14-21(17)9-10-21)19(25)27-20(3,4)5;7-6-4-2-1-3-5-6/h6-7,17H,1-2,8-14H2,3-5H3;1-5H. The summed E-state index contributed by atoms with van der Waals surface area (Å²) < 4.78 is 23.2. The van der Waals surface area contributed by atoms with Crippen molar-refractivity contribution in [1.82, 2.24) is 9.80 Å². The maximum absolute atomic E-state index is 12.7. The van der Waals surface area contributed by atoms with Crippen molar-refractivity contribution in [2.24, 2.45) is 5.41 Å². The Kier molecular flexibility index (Phi) is 7.85. The van der Waals surface area contributed by atoms with Gasteiger partial charge in [0.1, 0.15) is 17.5 Å². The van der Waals surface area contributed by atoms with Crippen LogP contribution in [0, 0.1) is 11.2 Å². The summed E-state index contributed by atoms with van der Waals surface area (Å²) in [5, 5.41) is 0. The minimum absolute atomic E-state index is 0.0915. The van der Waals surface area contributed by atoms with Crippen molar-refractivity contribution in [2.75, 3.05) is 26.2 Å². The zero-order chi connectivity index (χ0) is 24.9. The van der Waals surface area contributed by atoms with Crippen LogP contribution >= 0.6 is 0 Å². The third-order valence-corrected chi connectivity index (χ3v) is 6.27. The molecule has 7 heteroatoms. The molecule has 3 aliphatic rings. The first-order valence-electron chi connectivity index (χ1n) is 11.7. The molecule has 6 nitrogen and oxygen atoms in total. The van der Waals surface area contributed by atoms with Gasteiger partial charge in [-0.2, -0.15) is 0 Å². The number of nitrogens with zero attached hydrogens (tertiary/aromatic N) is 2. The van der Waals surface area contributed by atoms with Gasteiger partial charge in [-0.15, -0.1) is 0 Å². The molecule has 0 N–H and O–H groups in total. The van der Waals surface area contributed by atoms with E-state index < -0.39 is 5.60 Å². The number of hydrogen-bond acceptors (Lipinski definition) is 4. The molecule has 184 valence electrons. The molecule has 1 saturated heterocycles. The fraction of sp³-hybridized carbons (Fsp3) is 0.481. The summed E-state index contributed by atoms with van der Waals surface area (Å²) in [6.45, 7) is 15.3. The first-order valence-corrected chi connectivity index (χ1v) is 11.7.